The Bertz CT molecular complexity index is 805. The minimum absolute atomic E-state index is 0.214. The summed E-state index contributed by atoms with van der Waals surface area (Å²) in [4.78, 5) is 16.6. The molecular weight excluding hydrogens is 290 g/mol. The molecule has 0 amide bonds. The highest BCUT2D eigenvalue weighted by Crippen LogP contribution is 2.27. The van der Waals surface area contributed by atoms with E-state index in [0.717, 1.165) is 53.9 Å². The second-order valence-electron chi connectivity index (χ2n) is 5.86. The number of nitrogens with zero attached hydrogens (tertiary/aromatic N) is 3. The normalized spacial score (nSPS) is 15.9. The number of hydrogen-bond donors (Lipinski definition) is 2. The van der Waals surface area contributed by atoms with Gasteiger partial charge in [0.2, 0.25) is 5.88 Å². The van der Waals surface area contributed by atoms with Crippen LogP contribution in [0.1, 0.15) is 18.5 Å². The zero-order valence-electron chi connectivity index (χ0n) is 13.0. The van der Waals surface area contributed by atoms with Gasteiger partial charge in [0.05, 0.1) is 6.20 Å². The van der Waals surface area contributed by atoms with Gasteiger partial charge in [-0.1, -0.05) is 6.07 Å². The second-order valence-corrected chi connectivity index (χ2v) is 5.86. The Morgan fingerprint density at radius 1 is 1.13 bits per heavy atom. The number of piperidine rings is 1. The van der Waals surface area contributed by atoms with Crippen LogP contribution >= 0.6 is 0 Å². The van der Waals surface area contributed by atoms with Gasteiger partial charge in [-0.2, -0.15) is 0 Å². The number of nitrogens with one attached hydrogen (secondary N) is 2. The number of ether oxygens (including phenoxy) is 1. The van der Waals surface area contributed by atoms with E-state index in [-0.39, 0.29) is 6.10 Å². The zero-order valence-corrected chi connectivity index (χ0v) is 13.0. The molecule has 1 saturated heterocycles. The van der Waals surface area contributed by atoms with E-state index in [4.69, 9.17) is 4.74 Å². The molecule has 3 aromatic heterocycles. The molecule has 0 aromatic carbocycles. The molecule has 1 fully saturated rings. The van der Waals surface area contributed by atoms with Crippen molar-refractivity contribution in [2.75, 3.05) is 13.1 Å². The number of fused-ring (bicyclic) bond motifs is 1. The average molecular weight is 309 g/mol. The SMILES string of the molecule is Cc1ccc(-c2c[nH]c3ncc(OC4CCNCC4)nc23)cn1. The largest absolute Gasteiger partial charge is 0.473 e. The molecule has 23 heavy (non-hydrogen) atoms. The minimum atomic E-state index is 0.214. The first-order valence-corrected chi connectivity index (χ1v) is 7.94. The van der Waals surface area contributed by atoms with Crippen molar-refractivity contribution < 1.29 is 4.74 Å². The predicted octanol–water partition coefficient (Wildman–Crippen LogP) is 2.46. The molecule has 1 aliphatic heterocycles. The van der Waals surface area contributed by atoms with Crippen molar-refractivity contribution in [2.24, 2.45) is 0 Å². The summed E-state index contributed by atoms with van der Waals surface area (Å²) >= 11 is 0. The third kappa shape index (κ3) is 2.90. The number of pyridine rings is 1. The monoisotopic (exact) mass is 309 g/mol. The highest BCUT2D eigenvalue weighted by Gasteiger charge is 2.16. The number of hydrogen-bond acceptors (Lipinski definition) is 5. The van der Waals surface area contributed by atoms with Crippen LogP contribution in [-0.4, -0.2) is 39.1 Å². The van der Waals surface area contributed by atoms with Gasteiger partial charge < -0.3 is 15.0 Å². The van der Waals surface area contributed by atoms with Gasteiger partial charge in [0.15, 0.2) is 5.65 Å². The fourth-order valence-electron chi connectivity index (χ4n) is 2.86. The summed E-state index contributed by atoms with van der Waals surface area (Å²) in [6.45, 7) is 3.96. The van der Waals surface area contributed by atoms with Crippen LogP contribution in [0.4, 0.5) is 0 Å². The van der Waals surface area contributed by atoms with Crippen molar-refractivity contribution in [3.8, 4) is 17.0 Å². The Hall–Kier alpha value is -2.47. The third-order valence-corrected chi connectivity index (χ3v) is 4.15. The van der Waals surface area contributed by atoms with Crippen molar-refractivity contribution in [1.29, 1.82) is 0 Å². The molecule has 0 saturated carbocycles. The lowest BCUT2D eigenvalue weighted by atomic mass is 10.1. The molecule has 6 heteroatoms. The fraction of sp³-hybridized carbons (Fsp3) is 0.353. The highest BCUT2D eigenvalue weighted by atomic mass is 16.5. The van der Waals surface area contributed by atoms with Gasteiger partial charge in [0.1, 0.15) is 11.6 Å². The van der Waals surface area contributed by atoms with Crippen molar-refractivity contribution in [1.82, 2.24) is 25.3 Å². The topological polar surface area (TPSA) is 75.7 Å². The third-order valence-electron chi connectivity index (χ3n) is 4.15. The molecule has 1 aliphatic rings. The van der Waals surface area contributed by atoms with E-state index in [1.165, 1.54) is 0 Å². The maximum Gasteiger partial charge on any atom is 0.233 e. The number of H-pyrrole nitrogens is 1. The molecule has 0 atom stereocenters. The maximum atomic E-state index is 6.00. The zero-order chi connectivity index (χ0) is 15.6. The van der Waals surface area contributed by atoms with E-state index in [1.807, 2.05) is 31.5 Å². The van der Waals surface area contributed by atoms with Gasteiger partial charge in [0, 0.05) is 29.2 Å². The van der Waals surface area contributed by atoms with Crippen LogP contribution in [0.25, 0.3) is 22.3 Å². The molecule has 6 nitrogen and oxygen atoms in total. The summed E-state index contributed by atoms with van der Waals surface area (Å²) in [5.74, 6) is 0.588. The van der Waals surface area contributed by atoms with Gasteiger partial charge in [-0.15, -0.1) is 0 Å². The molecule has 0 radical (unpaired) electrons. The summed E-state index contributed by atoms with van der Waals surface area (Å²) in [6, 6.07) is 4.05. The number of rotatable bonds is 3. The lowest BCUT2D eigenvalue weighted by molar-refractivity contribution is 0.156. The Labute approximate surface area is 134 Å². The standard InChI is InChI=1S/C17H19N5O/c1-11-2-3-12(8-19-11)14-9-20-17-16(14)22-15(10-21-17)23-13-4-6-18-7-5-13/h2-3,8-10,13,18H,4-7H2,1H3,(H,20,21). The quantitative estimate of drug-likeness (QED) is 0.777. The van der Waals surface area contributed by atoms with Crippen LogP contribution in [-0.2, 0) is 0 Å². The fourth-order valence-corrected chi connectivity index (χ4v) is 2.86. The summed E-state index contributed by atoms with van der Waals surface area (Å²) in [5.41, 5.74) is 4.60. The summed E-state index contributed by atoms with van der Waals surface area (Å²) < 4.78 is 6.00. The lowest BCUT2D eigenvalue weighted by Gasteiger charge is -2.22. The van der Waals surface area contributed by atoms with Crippen molar-refractivity contribution in [3.63, 3.8) is 0 Å². The summed E-state index contributed by atoms with van der Waals surface area (Å²) in [6.07, 6.45) is 7.69. The predicted molar refractivity (Wildman–Crippen MR) is 88.4 cm³/mol. The molecule has 118 valence electrons. The molecule has 4 heterocycles. The smallest absolute Gasteiger partial charge is 0.233 e. The van der Waals surface area contributed by atoms with Gasteiger partial charge in [0.25, 0.3) is 0 Å². The van der Waals surface area contributed by atoms with Crippen molar-refractivity contribution in [3.05, 3.63) is 36.4 Å². The van der Waals surface area contributed by atoms with E-state index in [0.29, 0.717) is 5.88 Å². The first-order valence-electron chi connectivity index (χ1n) is 7.94. The molecular formula is C17H19N5O. The van der Waals surface area contributed by atoms with Gasteiger partial charge in [-0.3, -0.25) is 4.98 Å². The molecule has 2 N–H and O–H groups in total. The highest BCUT2D eigenvalue weighted by molar-refractivity contribution is 5.90. The van der Waals surface area contributed by atoms with E-state index in [2.05, 4.69) is 25.3 Å². The Morgan fingerprint density at radius 3 is 2.78 bits per heavy atom. The van der Waals surface area contributed by atoms with E-state index in [1.54, 1.807) is 6.20 Å². The average Bonchev–Trinajstić information content (AvgIpc) is 3.00. The van der Waals surface area contributed by atoms with Crippen molar-refractivity contribution >= 4 is 11.2 Å². The number of aryl methyl sites for hydroxylation is 1. The summed E-state index contributed by atoms with van der Waals surface area (Å²) in [7, 11) is 0. The Balaban J connectivity index is 1.66. The maximum absolute atomic E-state index is 6.00. The number of aromatic nitrogens is 4. The molecule has 0 unspecified atom stereocenters. The van der Waals surface area contributed by atoms with Crippen LogP contribution in [0.2, 0.25) is 0 Å². The van der Waals surface area contributed by atoms with Gasteiger partial charge in [-0.05, 0) is 38.9 Å². The van der Waals surface area contributed by atoms with Crippen LogP contribution in [0.3, 0.4) is 0 Å². The molecule has 0 spiro atoms. The van der Waals surface area contributed by atoms with Crippen LogP contribution in [0.15, 0.2) is 30.7 Å². The van der Waals surface area contributed by atoms with Gasteiger partial charge >= 0.3 is 0 Å². The molecule has 4 rings (SSSR count). The molecule has 0 bridgehead atoms. The Kier molecular flexibility index (Phi) is 3.67. The van der Waals surface area contributed by atoms with Crippen LogP contribution in [0.5, 0.6) is 5.88 Å². The molecule has 0 aliphatic carbocycles. The second kappa shape index (κ2) is 5.96. The lowest BCUT2D eigenvalue weighted by Crippen LogP contribution is -2.34. The summed E-state index contributed by atoms with van der Waals surface area (Å²) in [5, 5.41) is 3.33. The van der Waals surface area contributed by atoms with E-state index < -0.39 is 0 Å². The van der Waals surface area contributed by atoms with Crippen molar-refractivity contribution in [2.45, 2.75) is 25.9 Å². The van der Waals surface area contributed by atoms with Gasteiger partial charge in [-0.25, -0.2) is 9.97 Å². The number of aromatic amines is 1. The Morgan fingerprint density at radius 2 is 2.00 bits per heavy atom. The molecule has 3 aromatic rings. The van der Waals surface area contributed by atoms with Crippen LogP contribution in [0, 0.1) is 6.92 Å². The van der Waals surface area contributed by atoms with Crippen LogP contribution < -0.4 is 10.1 Å². The first-order chi connectivity index (χ1) is 11.3. The van der Waals surface area contributed by atoms with E-state index >= 15 is 0 Å². The van der Waals surface area contributed by atoms with E-state index in [9.17, 15) is 0 Å². The first kappa shape index (κ1) is 14.1. The minimum Gasteiger partial charge on any atom is -0.473 e.